The summed E-state index contributed by atoms with van der Waals surface area (Å²) in [5.41, 5.74) is 1.56. The lowest BCUT2D eigenvalue weighted by Gasteiger charge is -2.31. The van der Waals surface area contributed by atoms with Gasteiger partial charge in [-0.3, -0.25) is 0 Å². The third kappa shape index (κ3) is 5.16. The van der Waals surface area contributed by atoms with Crippen molar-refractivity contribution in [3.63, 3.8) is 0 Å². The van der Waals surface area contributed by atoms with Gasteiger partial charge in [0.2, 0.25) is 0 Å². The van der Waals surface area contributed by atoms with Gasteiger partial charge in [-0.2, -0.15) is 0 Å². The molecule has 1 aromatic rings. The molecular formula is C17H28ClN. The number of rotatable bonds is 6. The number of hydrogen-bond acceptors (Lipinski definition) is 1. The van der Waals surface area contributed by atoms with Crippen molar-refractivity contribution in [3.05, 3.63) is 34.9 Å². The van der Waals surface area contributed by atoms with Crippen molar-refractivity contribution in [1.82, 2.24) is 5.32 Å². The summed E-state index contributed by atoms with van der Waals surface area (Å²) in [5, 5.41) is 4.52. The van der Waals surface area contributed by atoms with E-state index in [-0.39, 0.29) is 0 Å². The van der Waals surface area contributed by atoms with Crippen LogP contribution in [-0.4, -0.2) is 6.54 Å². The maximum atomic E-state index is 6.36. The van der Waals surface area contributed by atoms with Gasteiger partial charge in [-0.15, -0.1) is 0 Å². The molecule has 0 amide bonds. The van der Waals surface area contributed by atoms with Gasteiger partial charge in [0.25, 0.3) is 0 Å². The Hall–Kier alpha value is -0.530. The lowest BCUT2D eigenvalue weighted by atomic mass is 9.77. The van der Waals surface area contributed by atoms with Crippen molar-refractivity contribution in [1.29, 1.82) is 0 Å². The average Bonchev–Trinajstić information content (AvgIpc) is 2.34. The van der Waals surface area contributed by atoms with E-state index in [4.69, 9.17) is 11.6 Å². The van der Waals surface area contributed by atoms with Gasteiger partial charge in [-0.05, 0) is 42.3 Å². The standard InChI is InChI=1S/C17H28ClN/c1-6-11-19-16(12-13(2)17(3,4)5)14-9-7-8-10-15(14)18/h7-10,13,16,19H,6,11-12H2,1-5H3. The van der Waals surface area contributed by atoms with E-state index in [1.807, 2.05) is 12.1 Å². The number of halogens is 1. The van der Waals surface area contributed by atoms with Gasteiger partial charge in [0.05, 0.1) is 0 Å². The van der Waals surface area contributed by atoms with Crippen molar-refractivity contribution in [2.45, 2.75) is 53.5 Å². The summed E-state index contributed by atoms with van der Waals surface area (Å²) in [4.78, 5) is 0. The molecule has 1 aromatic carbocycles. The molecule has 0 heterocycles. The SMILES string of the molecule is CCCNC(CC(C)C(C)(C)C)c1ccccc1Cl. The minimum Gasteiger partial charge on any atom is -0.310 e. The highest BCUT2D eigenvalue weighted by molar-refractivity contribution is 6.31. The molecule has 2 atom stereocenters. The Morgan fingerprint density at radius 2 is 1.84 bits per heavy atom. The van der Waals surface area contributed by atoms with E-state index >= 15 is 0 Å². The highest BCUT2D eigenvalue weighted by Crippen LogP contribution is 2.35. The zero-order valence-electron chi connectivity index (χ0n) is 13.0. The van der Waals surface area contributed by atoms with Crippen LogP contribution in [0.1, 0.15) is 59.1 Å². The van der Waals surface area contributed by atoms with Crippen LogP contribution in [0.3, 0.4) is 0 Å². The molecule has 1 rings (SSSR count). The van der Waals surface area contributed by atoms with Crippen LogP contribution in [0.25, 0.3) is 0 Å². The molecule has 0 aliphatic carbocycles. The molecule has 1 N–H and O–H groups in total. The Bertz CT molecular complexity index is 381. The minimum atomic E-state index is 0.327. The van der Waals surface area contributed by atoms with E-state index in [0.29, 0.717) is 17.4 Å². The molecular weight excluding hydrogens is 254 g/mol. The Morgan fingerprint density at radius 1 is 1.21 bits per heavy atom. The van der Waals surface area contributed by atoms with Crippen LogP contribution in [0, 0.1) is 11.3 Å². The summed E-state index contributed by atoms with van der Waals surface area (Å²) >= 11 is 6.36. The van der Waals surface area contributed by atoms with Gasteiger partial charge in [0.15, 0.2) is 0 Å². The van der Waals surface area contributed by atoms with E-state index in [0.717, 1.165) is 24.4 Å². The van der Waals surface area contributed by atoms with Crippen molar-refractivity contribution in [2.75, 3.05) is 6.54 Å². The van der Waals surface area contributed by atoms with Gasteiger partial charge in [-0.25, -0.2) is 0 Å². The fourth-order valence-electron chi connectivity index (χ4n) is 2.10. The smallest absolute Gasteiger partial charge is 0.0453 e. The summed E-state index contributed by atoms with van der Waals surface area (Å²) in [6.45, 7) is 12.5. The Morgan fingerprint density at radius 3 is 2.37 bits per heavy atom. The molecule has 108 valence electrons. The predicted molar refractivity (Wildman–Crippen MR) is 85.7 cm³/mol. The Balaban J connectivity index is 2.86. The van der Waals surface area contributed by atoms with Crippen molar-refractivity contribution < 1.29 is 0 Å². The molecule has 2 unspecified atom stereocenters. The quantitative estimate of drug-likeness (QED) is 0.731. The summed E-state index contributed by atoms with van der Waals surface area (Å²) in [6.07, 6.45) is 2.26. The lowest BCUT2D eigenvalue weighted by Crippen LogP contribution is -2.28. The first-order valence-corrected chi connectivity index (χ1v) is 7.71. The third-order valence-corrected chi connectivity index (χ3v) is 4.33. The predicted octanol–water partition coefficient (Wildman–Crippen LogP) is 5.45. The number of benzene rings is 1. The number of hydrogen-bond donors (Lipinski definition) is 1. The van der Waals surface area contributed by atoms with Crippen molar-refractivity contribution in [3.8, 4) is 0 Å². The summed E-state index contributed by atoms with van der Waals surface area (Å²) in [6, 6.07) is 8.55. The van der Waals surface area contributed by atoms with Crippen molar-refractivity contribution >= 4 is 11.6 Å². The first kappa shape index (κ1) is 16.5. The molecule has 0 aliphatic rings. The molecule has 2 heteroatoms. The highest BCUT2D eigenvalue weighted by atomic mass is 35.5. The molecule has 0 saturated carbocycles. The summed E-state index contributed by atoms with van der Waals surface area (Å²) < 4.78 is 0. The fourth-order valence-corrected chi connectivity index (χ4v) is 2.37. The molecule has 0 spiro atoms. The van der Waals surface area contributed by atoms with Gasteiger partial charge < -0.3 is 5.32 Å². The Kier molecular flexibility index (Phi) is 6.35. The summed E-state index contributed by atoms with van der Waals surface area (Å²) in [7, 11) is 0. The Labute approximate surface area is 123 Å². The normalized spacial score (nSPS) is 15.3. The van der Waals surface area contributed by atoms with Crippen LogP contribution in [0.4, 0.5) is 0 Å². The molecule has 0 saturated heterocycles. The van der Waals surface area contributed by atoms with Crippen molar-refractivity contribution in [2.24, 2.45) is 11.3 Å². The van der Waals surface area contributed by atoms with Gasteiger partial charge in [-0.1, -0.05) is 64.4 Å². The zero-order valence-corrected chi connectivity index (χ0v) is 13.7. The van der Waals surface area contributed by atoms with E-state index in [9.17, 15) is 0 Å². The fraction of sp³-hybridized carbons (Fsp3) is 0.647. The maximum Gasteiger partial charge on any atom is 0.0453 e. The van der Waals surface area contributed by atoms with Crippen LogP contribution >= 0.6 is 11.6 Å². The molecule has 0 aliphatic heterocycles. The molecule has 0 aromatic heterocycles. The van der Waals surface area contributed by atoms with Gasteiger partial charge in [0, 0.05) is 11.1 Å². The van der Waals surface area contributed by atoms with Crippen LogP contribution in [-0.2, 0) is 0 Å². The minimum absolute atomic E-state index is 0.327. The monoisotopic (exact) mass is 281 g/mol. The molecule has 0 bridgehead atoms. The molecule has 19 heavy (non-hydrogen) atoms. The highest BCUT2D eigenvalue weighted by Gasteiger charge is 2.25. The lowest BCUT2D eigenvalue weighted by molar-refractivity contribution is 0.223. The summed E-state index contributed by atoms with van der Waals surface area (Å²) in [5.74, 6) is 0.637. The van der Waals surface area contributed by atoms with E-state index in [2.05, 4.69) is 52.1 Å². The largest absolute Gasteiger partial charge is 0.310 e. The molecule has 0 radical (unpaired) electrons. The van der Waals surface area contributed by atoms with Gasteiger partial charge in [0.1, 0.15) is 0 Å². The first-order valence-electron chi connectivity index (χ1n) is 7.34. The van der Waals surface area contributed by atoms with E-state index < -0.39 is 0 Å². The second-order valence-electron chi connectivity index (χ2n) is 6.53. The molecule has 1 nitrogen and oxygen atoms in total. The second kappa shape index (κ2) is 7.31. The van der Waals surface area contributed by atoms with E-state index in [1.54, 1.807) is 0 Å². The average molecular weight is 282 g/mol. The maximum absolute atomic E-state index is 6.36. The topological polar surface area (TPSA) is 12.0 Å². The van der Waals surface area contributed by atoms with Crippen LogP contribution in [0.5, 0.6) is 0 Å². The van der Waals surface area contributed by atoms with Crippen LogP contribution in [0.2, 0.25) is 5.02 Å². The van der Waals surface area contributed by atoms with Gasteiger partial charge >= 0.3 is 0 Å². The van der Waals surface area contributed by atoms with Crippen LogP contribution < -0.4 is 5.32 Å². The second-order valence-corrected chi connectivity index (χ2v) is 6.94. The van der Waals surface area contributed by atoms with Crippen LogP contribution in [0.15, 0.2) is 24.3 Å². The number of nitrogens with one attached hydrogen (secondary N) is 1. The zero-order chi connectivity index (χ0) is 14.5. The first-order chi connectivity index (χ1) is 8.86. The third-order valence-electron chi connectivity index (χ3n) is 3.99. The van der Waals surface area contributed by atoms with E-state index in [1.165, 1.54) is 5.56 Å². The molecule has 0 fully saturated rings.